The number of amides is 1. The highest BCUT2D eigenvalue weighted by Crippen LogP contribution is 2.04. The van der Waals surface area contributed by atoms with Gasteiger partial charge in [0.1, 0.15) is 0 Å². The molecule has 0 bridgehead atoms. The second-order valence-corrected chi connectivity index (χ2v) is 2.79. The third-order valence-corrected chi connectivity index (χ3v) is 1.62. The van der Waals surface area contributed by atoms with Crippen LogP contribution in [0.1, 0.15) is 6.92 Å². The molecular weight excluding hydrogens is 172 g/mol. The Morgan fingerprint density at radius 2 is 2.31 bits per heavy atom. The lowest BCUT2D eigenvalue weighted by atomic mass is 10.3. The van der Waals surface area contributed by atoms with Gasteiger partial charge in [-0.15, -0.1) is 0 Å². The van der Waals surface area contributed by atoms with Crippen LogP contribution in [-0.4, -0.2) is 39.2 Å². The molecule has 0 aliphatic heterocycles. The number of nitrogens with zero attached hydrogens (tertiary/aromatic N) is 5. The highest BCUT2D eigenvalue weighted by atomic mass is 16.2. The molecule has 1 amide bonds. The first-order valence-electron chi connectivity index (χ1n) is 3.79. The SMILES string of the molecule is C[C@H](N)C(=O)N(C)c1nnnn1C. The van der Waals surface area contributed by atoms with E-state index in [0.29, 0.717) is 5.95 Å². The van der Waals surface area contributed by atoms with Crippen molar-refractivity contribution in [3.8, 4) is 0 Å². The van der Waals surface area contributed by atoms with Crippen LogP contribution in [0.25, 0.3) is 0 Å². The molecule has 0 radical (unpaired) electrons. The summed E-state index contributed by atoms with van der Waals surface area (Å²) in [6, 6.07) is -0.554. The van der Waals surface area contributed by atoms with Gasteiger partial charge in [0.25, 0.3) is 5.95 Å². The Bertz CT molecular complexity index is 306. The van der Waals surface area contributed by atoms with Crippen molar-refractivity contribution >= 4 is 11.9 Å². The lowest BCUT2D eigenvalue weighted by Crippen LogP contribution is -2.40. The van der Waals surface area contributed by atoms with Gasteiger partial charge in [-0.05, 0) is 17.4 Å². The first-order chi connectivity index (χ1) is 6.04. The zero-order chi connectivity index (χ0) is 10.0. The number of likely N-dealkylation sites (N-methyl/N-ethyl adjacent to an activating group) is 1. The molecule has 0 spiro atoms. The summed E-state index contributed by atoms with van der Waals surface area (Å²) in [5.41, 5.74) is 5.42. The van der Waals surface area contributed by atoms with Crippen LogP contribution < -0.4 is 10.6 Å². The Morgan fingerprint density at radius 1 is 1.69 bits per heavy atom. The summed E-state index contributed by atoms with van der Waals surface area (Å²) in [5, 5.41) is 10.7. The van der Waals surface area contributed by atoms with Gasteiger partial charge in [-0.25, -0.2) is 4.68 Å². The van der Waals surface area contributed by atoms with Gasteiger partial charge in [-0.2, -0.15) is 0 Å². The molecule has 13 heavy (non-hydrogen) atoms. The van der Waals surface area contributed by atoms with Crippen molar-refractivity contribution in [2.75, 3.05) is 11.9 Å². The summed E-state index contributed by atoms with van der Waals surface area (Å²) >= 11 is 0. The van der Waals surface area contributed by atoms with Crippen molar-refractivity contribution in [2.45, 2.75) is 13.0 Å². The van der Waals surface area contributed by atoms with Crippen molar-refractivity contribution in [1.29, 1.82) is 0 Å². The summed E-state index contributed by atoms with van der Waals surface area (Å²) in [6.07, 6.45) is 0. The van der Waals surface area contributed by atoms with Crippen LogP contribution in [0, 0.1) is 0 Å². The molecule has 0 saturated heterocycles. The Balaban J connectivity index is 2.85. The maximum atomic E-state index is 11.4. The number of rotatable bonds is 2. The summed E-state index contributed by atoms with van der Waals surface area (Å²) in [4.78, 5) is 12.7. The highest BCUT2D eigenvalue weighted by molar-refractivity contribution is 5.94. The number of hydrogen-bond donors (Lipinski definition) is 1. The monoisotopic (exact) mass is 184 g/mol. The van der Waals surface area contributed by atoms with Gasteiger partial charge in [0.2, 0.25) is 5.91 Å². The maximum Gasteiger partial charge on any atom is 0.251 e. The number of aryl methyl sites for hydroxylation is 1. The zero-order valence-electron chi connectivity index (χ0n) is 7.80. The molecule has 1 aromatic rings. The fourth-order valence-corrected chi connectivity index (χ4v) is 0.913. The van der Waals surface area contributed by atoms with E-state index in [1.165, 1.54) is 9.58 Å². The number of carbonyl (C=O) groups is 1. The van der Waals surface area contributed by atoms with Crippen LogP contribution >= 0.6 is 0 Å². The number of aromatic nitrogens is 4. The second kappa shape index (κ2) is 3.48. The smallest absolute Gasteiger partial charge is 0.251 e. The predicted octanol–water partition coefficient (Wildman–Crippen LogP) is -1.48. The quantitative estimate of drug-likeness (QED) is 0.605. The lowest BCUT2D eigenvalue weighted by molar-refractivity contribution is -0.119. The van der Waals surface area contributed by atoms with E-state index < -0.39 is 6.04 Å². The van der Waals surface area contributed by atoms with Crippen molar-refractivity contribution in [3.05, 3.63) is 0 Å². The Labute approximate surface area is 75.5 Å². The van der Waals surface area contributed by atoms with Crippen LogP contribution in [0.15, 0.2) is 0 Å². The summed E-state index contributed by atoms with van der Waals surface area (Å²) in [5.74, 6) is 0.153. The molecule has 0 aliphatic carbocycles. The Morgan fingerprint density at radius 3 is 2.69 bits per heavy atom. The number of tetrazole rings is 1. The minimum Gasteiger partial charge on any atom is -0.320 e. The number of nitrogens with two attached hydrogens (primary N) is 1. The van der Waals surface area contributed by atoms with Gasteiger partial charge >= 0.3 is 0 Å². The van der Waals surface area contributed by atoms with E-state index in [0.717, 1.165) is 0 Å². The molecule has 2 N–H and O–H groups in total. The zero-order valence-corrected chi connectivity index (χ0v) is 7.80. The van der Waals surface area contributed by atoms with Gasteiger partial charge in [0.15, 0.2) is 0 Å². The fraction of sp³-hybridized carbons (Fsp3) is 0.667. The number of hydrogen-bond acceptors (Lipinski definition) is 5. The van der Waals surface area contributed by atoms with Crippen LogP contribution in [0.2, 0.25) is 0 Å². The van der Waals surface area contributed by atoms with E-state index in [9.17, 15) is 4.79 Å². The molecule has 0 aliphatic rings. The molecule has 72 valence electrons. The van der Waals surface area contributed by atoms with E-state index in [2.05, 4.69) is 15.5 Å². The molecule has 7 nitrogen and oxygen atoms in total. The van der Waals surface area contributed by atoms with E-state index in [4.69, 9.17) is 5.73 Å². The molecule has 0 saturated carbocycles. The normalized spacial score (nSPS) is 12.6. The molecule has 0 fully saturated rings. The molecule has 1 rings (SSSR count). The van der Waals surface area contributed by atoms with Gasteiger partial charge in [0, 0.05) is 14.1 Å². The molecule has 0 aromatic carbocycles. The predicted molar refractivity (Wildman–Crippen MR) is 45.9 cm³/mol. The third-order valence-electron chi connectivity index (χ3n) is 1.62. The summed E-state index contributed by atoms with van der Waals surface area (Å²) in [6.45, 7) is 1.61. The van der Waals surface area contributed by atoms with E-state index in [-0.39, 0.29) is 5.91 Å². The summed E-state index contributed by atoms with van der Waals surface area (Å²) < 4.78 is 1.40. The Kier molecular flexibility index (Phi) is 2.57. The molecule has 7 heteroatoms. The van der Waals surface area contributed by atoms with Gasteiger partial charge in [-0.3, -0.25) is 9.69 Å². The van der Waals surface area contributed by atoms with Gasteiger partial charge < -0.3 is 5.73 Å². The lowest BCUT2D eigenvalue weighted by Gasteiger charge is -2.16. The molecular formula is C6H12N6O. The molecule has 1 atom stereocenters. The first-order valence-corrected chi connectivity index (χ1v) is 3.79. The van der Waals surface area contributed by atoms with Crippen LogP contribution in [0.3, 0.4) is 0 Å². The maximum absolute atomic E-state index is 11.4. The number of carbonyl (C=O) groups excluding carboxylic acids is 1. The van der Waals surface area contributed by atoms with Crippen LogP contribution in [0.5, 0.6) is 0 Å². The minimum atomic E-state index is -0.554. The minimum absolute atomic E-state index is 0.224. The van der Waals surface area contributed by atoms with Gasteiger partial charge in [-0.1, -0.05) is 5.10 Å². The Hall–Kier alpha value is -1.50. The molecule has 1 heterocycles. The standard InChI is InChI=1S/C6H12N6O/c1-4(7)5(13)11(2)6-8-9-10-12(6)3/h4H,7H2,1-3H3/t4-/m0/s1. The van der Waals surface area contributed by atoms with Crippen molar-refractivity contribution in [3.63, 3.8) is 0 Å². The highest BCUT2D eigenvalue weighted by Gasteiger charge is 2.18. The van der Waals surface area contributed by atoms with Crippen molar-refractivity contribution in [1.82, 2.24) is 20.2 Å². The van der Waals surface area contributed by atoms with Gasteiger partial charge in [0.05, 0.1) is 6.04 Å². The molecule has 0 unspecified atom stereocenters. The third kappa shape index (κ3) is 1.81. The average molecular weight is 184 g/mol. The van der Waals surface area contributed by atoms with Crippen molar-refractivity contribution in [2.24, 2.45) is 12.8 Å². The van der Waals surface area contributed by atoms with E-state index in [1.807, 2.05) is 0 Å². The average Bonchev–Trinajstić information content (AvgIpc) is 2.48. The second-order valence-electron chi connectivity index (χ2n) is 2.79. The van der Waals surface area contributed by atoms with E-state index in [1.54, 1.807) is 21.0 Å². The first kappa shape index (κ1) is 9.59. The largest absolute Gasteiger partial charge is 0.320 e. The topological polar surface area (TPSA) is 89.9 Å². The fourth-order valence-electron chi connectivity index (χ4n) is 0.913. The molecule has 1 aromatic heterocycles. The van der Waals surface area contributed by atoms with Crippen LogP contribution in [0.4, 0.5) is 5.95 Å². The summed E-state index contributed by atoms with van der Waals surface area (Å²) in [7, 11) is 3.23. The van der Waals surface area contributed by atoms with Crippen LogP contribution in [-0.2, 0) is 11.8 Å². The number of anilines is 1. The van der Waals surface area contributed by atoms with E-state index >= 15 is 0 Å². The van der Waals surface area contributed by atoms with Crippen molar-refractivity contribution < 1.29 is 4.79 Å².